The third-order valence-corrected chi connectivity index (χ3v) is 5.05. The van der Waals surface area contributed by atoms with Gasteiger partial charge in [-0.2, -0.15) is 4.98 Å². The summed E-state index contributed by atoms with van der Waals surface area (Å²) in [5.74, 6) is 4.34. The standard InChI is InChI=1S/C21H25N5O2/c1-15-12-20(28-18-6-4-17(27-3)5-7-18)24-21(23-15)16-8-10-26(13-16)14-19-22-9-11-25(19)2/h4-7,9,11-12,16H,8,10,13-14H2,1-3H3/t16-/m1/s1. The molecule has 1 aliphatic rings. The first kappa shape index (κ1) is 18.4. The van der Waals surface area contributed by atoms with Crippen LogP contribution in [0.1, 0.15) is 29.7 Å². The molecule has 1 aromatic carbocycles. The van der Waals surface area contributed by atoms with Gasteiger partial charge in [0, 0.05) is 43.7 Å². The molecule has 0 bridgehead atoms. The number of benzene rings is 1. The number of hydrogen-bond donors (Lipinski definition) is 0. The molecular weight excluding hydrogens is 354 g/mol. The van der Waals surface area contributed by atoms with Crippen molar-refractivity contribution >= 4 is 0 Å². The van der Waals surface area contributed by atoms with E-state index in [0.29, 0.717) is 11.8 Å². The van der Waals surface area contributed by atoms with Gasteiger partial charge in [-0.1, -0.05) is 0 Å². The van der Waals surface area contributed by atoms with Gasteiger partial charge in [0.05, 0.1) is 13.7 Å². The van der Waals surface area contributed by atoms with E-state index in [9.17, 15) is 0 Å². The summed E-state index contributed by atoms with van der Waals surface area (Å²) in [7, 11) is 3.68. The van der Waals surface area contributed by atoms with Crippen molar-refractivity contribution in [1.29, 1.82) is 0 Å². The molecule has 1 aliphatic heterocycles. The molecule has 0 saturated carbocycles. The number of imidazole rings is 1. The molecule has 28 heavy (non-hydrogen) atoms. The lowest BCUT2D eigenvalue weighted by molar-refractivity contribution is 0.313. The Morgan fingerprint density at radius 1 is 1.14 bits per heavy atom. The van der Waals surface area contributed by atoms with Crippen molar-refractivity contribution in [2.45, 2.75) is 25.8 Å². The van der Waals surface area contributed by atoms with Gasteiger partial charge >= 0.3 is 0 Å². The zero-order valence-electron chi connectivity index (χ0n) is 16.5. The topological polar surface area (TPSA) is 65.3 Å². The molecule has 0 unspecified atom stereocenters. The largest absolute Gasteiger partial charge is 0.497 e. The van der Waals surface area contributed by atoms with Crippen LogP contribution >= 0.6 is 0 Å². The van der Waals surface area contributed by atoms with Crippen LogP contribution in [0.3, 0.4) is 0 Å². The molecule has 0 N–H and O–H groups in total. The average molecular weight is 379 g/mol. The zero-order valence-corrected chi connectivity index (χ0v) is 16.5. The van der Waals surface area contributed by atoms with E-state index in [0.717, 1.165) is 54.9 Å². The van der Waals surface area contributed by atoms with E-state index in [1.807, 2.05) is 56.7 Å². The van der Waals surface area contributed by atoms with E-state index < -0.39 is 0 Å². The maximum atomic E-state index is 5.95. The van der Waals surface area contributed by atoms with Crippen molar-refractivity contribution < 1.29 is 9.47 Å². The van der Waals surface area contributed by atoms with Crippen LogP contribution in [0.25, 0.3) is 0 Å². The van der Waals surface area contributed by atoms with Gasteiger partial charge in [-0.25, -0.2) is 9.97 Å². The Morgan fingerprint density at radius 3 is 2.64 bits per heavy atom. The van der Waals surface area contributed by atoms with Gasteiger partial charge in [-0.3, -0.25) is 4.90 Å². The smallest absolute Gasteiger partial charge is 0.222 e. The van der Waals surface area contributed by atoms with Gasteiger partial charge in [0.2, 0.25) is 5.88 Å². The molecule has 4 rings (SSSR count). The molecular formula is C21H25N5O2. The number of aryl methyl sites for hydroxylation is 2. The van der Waals surface area contributed by atoms with Crippen molar-refractivity contribution in [3.05, 3.63) is 60.1 Å². The second-order valence-corrected chi connectivity index (χ2v) is 7.16. The maximum Gasteiger partial charge on any atom is 0.222 e. The Bertz CT molecular complexity index is 938. The molecule has 1 atom stereocenters. The van der Waals surface area contributed by atoms with E-state index in [-0.39, 0.29) is 0 Å². The second-order valence-electron chi connectivity index (χ2n) is 7.16. The summed E-state index contributed by atoms with van der Waals surface area (Å²) in [6, 6.07) is 9.36. The zero-order chi connectivity index (χ0) is 19.5. The lowest BCUT2D eigenvalue weighted by atomic mass is 10.1. The predicted molar refractivity (Wildman–Crippen MR) is 106 cm³/mol. The number of methoxy groups -OCH3 is 1. The van der Waals surface area contributed by atoms with E-state index in [1.54, 1.807) is 7.11 Å². The van der Waals surface area contributed by atoms with Crippen LogP contribution in [0.2, 0.25) is 0 Å². The van der Waals surface area contributed by atoms with Gasteiger partial charge in [0.1, 0.15) is 23.1 Å². The summed E-state index contributed by atoms with van der Waals surface area (Å²) in [4.78, 5) is 16.2. The molecule has 0 spiro atoms. The summed E-state index contributed by atoms with van der Waals surface area (Å²) < 4.78 is 13.2. The molecule has 0 aliphatic carbocycles. The summed E-state index contributed by atoms with van der Waals surface area (Å²) in [6.07, 6.45) is 4.86. The first-order chi connectivity index (χ1) is 13.6. The average Bonchev–Trinajstić information content (AvgIpc) is 3.32. The van der Waals surface area contributed by atoms with E-state index in [2.05, 4.69) is 19.4 Å². The highest BCUT2D eigenvalue weighted by molar-refractivity contribution is 5.34. The minimum Gasteiger partial charge on any atom is -0.497 e. The van der Waals surface area contributed by atoms with Crippen LogP contribution in [-0.4, -0.2) is 44.6 Å². The molecule has 3 aromatic rings. The third kappa shape index (κ3) is 4.14. The normalized spacial score (nSPS) is 17.0. The van der Waals surface area contributed by atoms with Crippen LogP contribution in [0.4, 0.5) is 0 Å². The molecule has 1 fully saturated rings. The molecule has 0 radical (unpaired) electrons. The van der Waals surface area contributed by atoms with Gasteiger partial charge in [0.15, 0.2) is 0 Å². The molecule has 1 saturated heterocycles. The Morgan fingerprint density at radius 2 is 1.93 bits per heavy atom. The van der Waals surface area contributed by atoms with Crippen molar-refractivity contribution in [3.8, 4) is 17.4 Å². The van der Waals surface area contributed by atoms with Crippen molar-refractivity contribution in [1.82, 2.24) is 24.4 Å². The highest BCUT2D eigenvalue weighted by Crippen LogP contribution is 2.29. The Hall–Kier alpha value is -2.93. The van der Waals surface area contributed by atoms with Gasteiger partial charge in [-0.05, 0) is 44.2 Å². The lowest BCUT2D eigenvalue weighted by Crippen LogP contribution is -2.22. The quantitative estimate of drug-likeness (QED) is 0.655. The van der Waals surface area contributed by atoms with Crippen LogP contribution in [0.15, 0.2) is 42.7 Å². The van der Waals surface area contributed by atoms with E-state index >= 15 is 0 Å². The van der Waals surface area contributed by atoms with Crippen LogP contribution in [0, 0.1) is 6.92 Å². The summed E-state index contributed by atoms with van der Waals surface area (Å²) in [5.41, 5.74) is 0.913. The number of aromatic nitrogens is 4. The van der Waals surface area contributed by atoms with Gasteiger partial charge < -0.3 is 14.0 Å². The SMILES string of the molecule is COc1ccc(Oc2cc(C)nc([C@@H]3CCN(Cc4nccn4C)C3)n2)cc1. The fraction of sp³-hybridized carbons (Fsp3) is 0.381. The third-order valence-electron chi connectivity index (χ3n) is 5.05. The Kier molecular flexibility index (Phi) is 5.25. The predicted octanol–water partition coefficient (Wildman–Crippen LogP) is 3.31. The number of likely N-dealkylation sites (tertiary alicyclic amines) is 1. The highest BCUT2D eigenvalue weighted by atomic mass is 16.5. The summed E-state index contributed by atoms with van der Waals surface area (Å²) in [5, 5.41) is 0. The number of nitrogens with zero attached hydrogens (tertiary/aromatic N) is 5. The van der Waals surface area contributed by atoms with Gasteiger partial charge in [0.25, 0.3) is 0 Å². The molecule has 146 valence electrons. The van der Waals surface area contributed by atoms with E-state index in [4.69, 9.17) is 14.5 Å². The molecule has 7 nitrogen and oxygen atoms in total. The number of ether oxygens (including phenoxy) is 2. The molecule has 0 amide bonds. The van der Waals surface area contributed by atoms with Crippen LogP contribution in [0.5, 0.6) is 17.4 Å². The van der Waals surface area contributed by atoms with Crippen LogP contribution < -0.4 is 9.47 Å². The minimum absolute atomic E-state index is 0.304. The fourth-order valence-corrected chi connectivity index (χ4v) is 3.50. The number of hydrogen-bond acceptors (Lipinski definition) is 6. The second kappa shape index (κ2) is 7.98. The summed E-state index contributed by atoms with van der Waals surface area (Å²) >= 11 is 0. The number of rotatable bonds is 6. The van der Waals surface area contributed by atoms with Gasteiger partial charge in [-0.15, -0.1) is 0 Å². The monoisotopic (exact) mass is 379 g/mol. The Labute approximate surface area is 165 Å². The van der Waals surface area contributed by atoms with Crippen LogP contribution in [-0.2, 0) is 13.6 Å². The minimum atomic E-state index is 0.304. The Balaban J connectivity index is 1.45. The van der Waals surface area contributed by atoms with E-state index in [1.165, 1.54) is 0 Å². The first-order valence-corrected chi connectivity index (χ1v) is 9.47. The molecule has 2 aromatic heterocycles. The lowest BCUT2D eigenvalue weighted by Gasteiger charge is -2.16. The van der Waals surface area contributed by atoms with Crippen molar-refractivity contribution in [2.24, 2.45) is 7.05 Å². The fourth-order valence-electron chi connectivity index (χ4n) is 3.50. The molecule has 3 heterocycles. The maximum absolute atomic E-state index is 5.95. The molecule has 7 heteroatoms. The highest BCUT2D eigenvalue weighted by Gasteiger charge is 2.27. The summed E-state index contributed by atoms with van der Waals surface area (Å²) in [6.45, 7) is 4.77. The van der Waals surface area contributed by atoms with Crippen molar-refractivity contribution in [3.63, 3.8) is 0 Å². The van der Waals surface area contributed by atoms with Crippen molar-refractivity contribution in [2.75, 3.05) is 20.2 Å². The first-order valence-electron chi connectivity index (χ1n) is 9.47.